The molecular weight excluding hydrogens is 713 g/mol. The quantitative estimate of drug-likeness (QED) is 0.0611. The van der Waals surface area contributed by atoms with E-state index in [4.69, 9.17) is 14.2 Å². The summed E-state index contributed by atoms with van der Waals surface area (Å²) in [6, 6.07) is 29.5. The molecule has 0 fully saturated rings. The minimum Gasteiger partial charge on any atom is -0.508 e. The Morgan fingerprint density at radius 3 is 1.10 bits per heavy atom. The number of hydrogen-bond acceptors (Lipinski definition) is 4. The molecule has 0 aliphatic heterocycles. The summed E-state index contributed by atoms with van der Waals surface area (Å²) in [7, 11) is 0. The zero-order chi connectivity index (χ0) is 42.0. The van der Waals surface area contributed by atoms with Crippen LogP contribution >= 0.6 is 0 Å². The van der Waals surface area contributed by atoms with E-state index >= 15 is 0 Å². The largest absolute Gasteiger partial charge is 0.508 e. The molecule has 0 atom stereocenters. The minimum atomic E-state index is -0.594. The van der Waals surface area contributed by atoms with Gasteiger partial charge in [-0.3, -0.25) is 0 Å². The smallest absolute Gasteiger partial charge is 0.123 e. The number of ether oxygens (including phenoxy) is 3. The molecular formula is C54H78O4. The second kappa shape index (κ2) is 23.0. The van der Waals surface area contributed by atoms with Gasteiger partial charge in [-0.05, 0) is 132 Å². The van der Waals surface area contributed by atoms with E-state index in [-0.39, 0.29) is 0 Å². The maximum atomic E-state index is 11.8. The molecule has 4 aromatic rings. The fraction of sp³-hybridized carbons (Fsp3) is 0.556. The average Bonchev–Trinajstić information content (AvgIpc) is 3.17. The molecule has 0 saturated heterocycles. The molecule has 4 heteroatoms. The average molecular weight is 791 g/mol. The summed E-state index contributed by atoms with van der Waals surface area (Å²) in [6.07, 6.45) is 19.5. The van der Waals surface area contributed by atoms with E-state index in [1.54, 1.807) is 0 Å². The van der Waals surface area contributed by atoms with Gasteiger partial charge in [0.15, 0.2) is 0 Å². The van der Waals surface area contributed by atoms with E-state index in [0.717, 1.165) is 72.5 Å². The van der Waals surface area contributed by atoms with Crippen molar-refractivity contribution < 1.29 is 19.3 Å². The first kappa shape index (κ1) is 46.8. The molecule has 0 aromatic heterocycles. The van der Waals surface area contributed by atoms with Crippen molar-refractivity contribution in [3.05, 3.63) is 118 Å². The van der Waals surface area contributed by atoms with Gasteiger partial charge in [0.25, 0.3) is 0 Å². The molecule has 0 aliphatic carbocycles. The van der Waals surface area contributed by atoms with Gasteiger partial charge in [0.2, 0.25) is 0 Å². The van der Waals surface area contributed by atoms with Crippen molar-refractivity contribution in [3.8, 4) is 23.0 Å². The van der Waals surface area contributed by atoms with Crippen LogP contribution in [0.4, 0.5) is 0 Å². The molecule has 0 saturated carbocycles. The Morgan fingerprint density at radius 1 is 0.379 bits per heavy atom. The second-order valence-electron chi connectivity index (χ2n) is 18.6. The standard InChI is InChI=1S/C54H78O4/c1-10-13-16-19-28-42-31-22-25-34-49(42)56-52(4,5)39-45-37-38-48(55)47(41-54(8,9)58-51-36-27-24-33-44(51)30-21-18-15-12-3)46(45)40-53(6,7)57-50-35-26-23-32-43(50)29-20-17-14-11-2/h22-27,31-38,55H,10-21,28-30,39-41H2,1-9H3. The highest BCUT2D eigenvalue weighted by Crippen LogP contribution is 2.38. The molecule has 0 radical (unpaired) electrons. The summed E-state index contributed by atoms with van der Waals surface area (Å²) in [6.45, 7) is 19.8. The summed E-state index contributed by atoms with van der Waals surface area (Å²) in [5.74, 6) is 3.15. The van der Waals surface area contributed by atoms with Gasteiger partial charge < -0.3 is 19.3 Å². The fourth-order valence-electron chi connectivity index (χ4n) is 8.28. The highest BCUT2D eigenvalue weighted by Gasteiger charge is 2.32. The predicted molar refractivity (Wildman–Crippen MR) is 246 cm³/mol. The first-order valence-electron chi connectivity index (χ1n) is 22.9. The summed E-state index contributed by atoms with van der Waals surface area (Å²) in [5, 5.41) is 11.8. The van der Waals surface area contributed by atoms with E-state index in [9.17, 15) is 5.11 Å². The van der Waals surface area contributed by atoms with E-state index in [2.05, 4.69) is 141 Å². The Bertz CT molecular complexity index is 1800. The van der Waals surface area contributed by atoms with Crippen molar-refractivity contribution in [1.82, 2.24) is 0 Å². The zero-order valence-corrected chi connectivity index (χ0v) is 38.0. The van der Waals surface area contributed by atoms with Crippen LogP contribution in [-0.2, 0) is 38.5 Å². The predicted octanol–water partition coefficient (Wildman–Crippen LogP) is 15.0. The number of unbranched alkanes of at least 4 members (excludes halogenated alkanes) is 9. The van der Waals surface area contributed by atoms with Crippen LogP contribution in [0.5, 0.6) is 23.0 Å². The number of aromatic hydroxyl groups is 1. The Kier molecular flexibility index (Phi) is 18.6. The van der Waals surface area contributed by atoms with Crippen LogP contribution in [0.15, 0.2) is 84.9 Å². The Balaban J connectivity index is 1.68. The van der Waals surface area contributed by atoms with Crippen LogP contribution in [0.2, 0.25) is 0 Å². The molecule has 0 spiro atoms. The number of rotatable bonds is 27. The van der Waals surface area contributed by atoms with Crippen LogP contribution in [-0.4, -0.2) is 21.9 Å². The van der Waals surface area contributed by atoms with Crippen molar-refractivity contribution in [2.45, 2.75) is 195 Å². The van der Waals surface area contributed by atoms with Crippen LogP contribution < -0.4 is 14.2 Å². The van der Waals surface area contributed by atoms with Crippen molar-refractivity contribution in [2.75, 3.05) is 0 Å². The Morgan fingerprint density at radius 2 is 0.724 bits per heavy atom. The maximum absolute atomic E-state index is 11.8. The topological polar surface area (TPSA) is 47.9 Å². The monoisotopic (exact) mass is 791 g/mol. The number of phenols is 1. The molecule has 1 N–H and O–H groups in total. The molecule has 318 valence electrons. The maximum Gasteiger partial charge on any atom is 0.123 e. The van der Waals surface area contributed by atoms with Crippen molar-refractivity contribution in [3.63, 3.8) is 0 Å². The lowest BCUT2D eigenvalue weighted by Gasteiger charge is -2.34. The molecule has 0 heterocycles. The molecule has 0 aliphatic rings. The normalized spacial score (nSPS) is 12.2. The Hall–Kier alpha value is -3.92. The van der Waals surface area contributed by atoms with Gasteiger partial charge in [-0.15, -0.1) is 0 Å². The molecule has 4 rings (SSSR count). The lowest BCUT2D eigenvalue weighted by molar-refractivity contribution is 0.0978. The first-order chi connectivity index (χ1) is 27.8. The van der Waals surface area contributed by atoms with Gasteiger partial charge in [0.05, 0.1) is 0 Å². The zero-order valence-electron chi connectivity index (χ0n) is 38.0. The Labute approximate surface area is 354 Å². The third-order valence-electron chi connectivity index (χ3n) is 11.3. The van der Waals surface area contributed by atoms with Crippen LogP contribution in [0.1, 0.15) is 173 Å². The lowest BCUT2D eigenvalue weighted by atomic mass is 9.82. The molecule has 4 aromatic carbocycles. The van der Waals surface area contributed by atoms with E-state index in [1.165, 1.54) is 74.5 Å². The van der Waals surface area contributed by atoms with E-state index in [1.807, 2.05) is 6.07 Å². The first-order valence-corrected chi connectivity index (χ1v) is 22.9. The molecule has 0 unspecified atom stereocenters. The van der Waals surface area contributed by atoms with Crippen LogP contribution in [0.3, 0.4) is 0 Å². The van der Waals surface area contributed by atoms with E-state index < -0.39 is 16.8 Å². The lowest BCUT2D eigenvalue weighted by Crippen LogP contribution is -2.36. The number of aryl methyl sites for hydroxylation is 3. The van der Waals surface area contributed by atoms with Crippen LogP contribution in [0, 0.1) is 0 Å². The number of hydrogen-bond donors (Lipinski definition) is 1. The summed E-state index contributed by atoms with van der Waals surface area (Å²) in [4.78, 5) is 0. The number of phenolic OH excluding ortho intramolecular Hbond substituents is 1. The van der Waals surface area contributed by atoms with Gasteiger partial charge in [0, 0.05) is 24.8 Å². The summed E-state index contributed by atoms with van der Waals surface area (Å²) >= 11 is 0. The number of benzene rings is 4. The summed E-state index contributed by atoms with van der Waals surface area (Å²) < 4.78 is 20.8. The van der Waals surface area contributed by atoms with Crippen molar-refractivity contribution >= 4 is 0 Å². The van der Waals surface area contributed by atoms with Gasteiger partial charge in [-0.1, -0.05) is 139 Å². The molecule has 58 heavy (non-hydrogen) atoms. The highest BCUT2D eigenvalue weighted by molar-refractivity contribution is 5.47. The van der Waals surface area contributed by atoms with Gasteiger partial charge >= 0.3 is 0 Å². The van der Waals surface area contributed by atoms with Crippen molar-refractivity contribution in [1.29, 1.82) is 0 Å². The molecule has 0 bridgehead atoms. The van der Waals surface area contributed by atoms with Gasteiger partial charge in [-0.2, -0.15) is 0 Å². The minimum absolute atomic E-state index is 0.298. The van der Waals surface area contributed by atoms with Gasteiger partial charge in [-0.25, -0.2) is 0 Å². The second-order valence-corrected chi connectivity index (χ2v) is 18.6. The third kappa shape index (κ3) is 15.4. The van der Waals surface area contributed by atoms with Gasteiger partial charge in [0.1, 0.15) is 39.8 Å². The van der Waals surface area contributed by atoms with Crippen LogP contribution in [0.25, 0.3) is 0 Å². The fourth-order valence-corrected chi connectivity index (χ4v) is 8.28. The van der Waals surface area contributed by atoms with Crippen molar-refractivity contribution in [2.24, 2.45) is 0 Å². The SMILES string of the molecule is CCCCCCc1ccccc1OC(C)(C)Cc1ccc(O)c(CC(C)(C)Oc2ccccc2CCCCCC)c1CC(C)(C)Oc1ccccc1CCCCCC. The van der Waals surface area contributed by atoms with E-state index in [0.29, 0.717) is 25.0 Å². The number of para-hydroxylation sites is 3. The highest BCUT2D eigenvalue weighted by atomic mass is 16.5. The molecule has 4 nitrogen and oxygen atoms in total. The third-order valence-corrected chi connectivity index (χ3v) is 11.3. The summed E-state index contributed by atoms with van der Waals surface area (Å²) in [5.41, 5.74) is 5.29. The molecule has 0 amide bonds.